The van der Waals surface area contributed by atoms with Gasteiger partial charge in [-0.15, -0.1) is 23.1 Å². The minimum atomic E-state index is 0.709. The second kappa shape index (κ2) is 8.34. The molecule has 0 amide bonds. The maximum atomic E-state index is 5.77. The number of para-hydroxylation sites is 1. The molecule has 3 nitrogen and oxygen atoms in total. The molecule has 2 aromatic heterocycles. The smallest absolute Gasteiger partial charge is 0.128 e. The molecule has 0 fully saturated rings. The number of fused-ring (bicyclic) bond motifs is 1. The molecule has 0 spiro atoms. The van der Waals surface area contributed by atoms with Gasteiger partial charge in [0.25, 0.3) is 0 Å². The summed E-state index contributed by atoms with van der Waals surface area (Å²) >= 11 is 3.45. The number of thioether (sulfide) groups is 1. The van der Waals surface area contributed by atoms with Crippen LogP contribution in [0.4, 0.5) is 0 Å². The van der Waals surface area contributed by atoms with Gasteiger partial charge >= 0.3 is 0 Å². The Kier molecular flexibility index (Phi) is 5.47. The summed E-state index contributed by atoms with van der Waals surface area (Å²) in [6.07, 6.45) is 2.63. The van der Waals surface area contributed by atoms with Crippen molar-refractivity contribution < 1.29 is 4.74 Å². The van der Waals surface area contributed by atoms with Gasteiger partial charge in [0.1, 0.15) is 21.9 Å². The van der Waals surface area contributed by atoms with E-state index >= 15 is 0 Å². The molecular weight excluding hydrogens is 360 g/mol. The van der Waals surface area contributed by atoms with E-state index in [9.17, 15) is 0 Å². The Bertz CT molecular complexity index is 971. The topological polar surface area (TPSA) is 35.0 Å². The average Bonchev–Trinajstić information content (AvgIpc) is 3.14. The zero-order chi connectivity index (χ0) is 17.6. The van der Waals surface area contributed by atoms with Gasteiger partial charge in [0.2, 0.25) is 0 Å². The Morgan fingerprint density at radius 2 is 1.69 bits per heavy atom. The maximum Gasteiger partial charge on any atom is 0.128 e. The van der Waals surface area contributed by atoms with Gasteiger partial charge in [0, 0.05) is 16.7 Å². The van der Waals surface area contributed by atoms with E-state index in [0.717, 1.165) is 33.2 Å². The van der Waals surface area contributed by atoms with Crippen molar-refractivity contribution in [3.05, 3.63) is 72.4 Å². The van der Waals surface area contributed by atoms with E-state index in [0.29, 0.717) is 6.61 Å². The first-order chi connectivity index (χ1) is 12.9. The van der Waals surface area contributed by atoms with Crippen molar-refractivity contribution in [2.24, 2.45) is 0 Å². The highest BCUT2D eigenvalue weighted by molar-refractivity contribution is 7.99. The van der Waals surface area contributed by atoms with Crippen LogP contribution >= 0.6 is 23.1 Å². The van der Waals surface area contributed by atoms with E-state index < -0.39 is 0 Å². The first kappa shape index (κ1) is 17.1. The van der Waals surface area contributed by atoms with Crippen molar-refractivity contribution in [2.75, 3.05) is 12.4 Å². The first-order valence-electron chi connectivity index (χ1n) is 8.50. The van der Waals surface area contributed by atoms with E-state index in [1.165, 1.54) is 11.1 Å². The van der Waals surface area contributed by atoms with Crippen molar-refractivity contribution in [3.63, 3.8) is 0 Å². The summed E-state index contributed by atoms with van der Waals surface area (Å²) < 4.78 is 5.77. The Labute approximate surface area is 161 Å². The number of hydrogen-bond acceptors (Lipinski definition) is 5. The van der Waals surface area contributed by atoms with Crippen LogP contribution in [0.25, 0.3) is 21.3 Å². The lowest BCUT2D eigenvalue weighted by Gasteiger charge is -2.07. The number of ether oxygens (including phenoxy) is 1. The minimum absolute atomic E-state index is 0.709. The molecular formula is C21H18N2OS2. The second-order valence-electron chi connectivity index (χ2n) is 5.74. The van der Waals surface area contributed by atoms with Crippen LogP contribution in [0.15, 0.2) is 77.4 Å². The Balaban J connectivity index is 1.44. The lowest BCUT2D eigenvalue weighted by atomic mass is 10.1. The van der Waals surface area contributed by atoms with Gasteiger partial charge in [-0.05, 0) is 24.1 Å². The molecule has 0 atom stereocenters. The molecule has 0 aliphatic heterocycles. The Morgan fingerprint density at radius 3 is 2.50 bits per heavy atom. The van der Waals surface area contributed by atoms with E-state index in [2.05, 4.69) is 39.6 Å². The van der Waals surface area contributed by atoms with Gasteiger partial charge in [-0.2, -0.15) is 0 Å². The normalized spacial score (nSPS) is 10.9. The summed E-state index contributed by atoms with van der Waals surface area (Å²) in [5, 5.41) is 4.39. The Hall–Kier alpha value is -2.37. The third-order valence-electron chi connectivity index (χ3n) is 3.96. The van der Waals surface area contributed by atoms with Crippen LogP contribution in [0.1, 0.15) is 6.42 Å². The monoisotopic (exact) mass is 378 g/mol. The lowest BCUT2D eigenvalue weighted by Crippen LogP contribution is -1.98. The van der Waals surface area contributed by atoms with Gasteiger partial charge in [0.15, 0.2) is 0 Å². The van der Waals surface area contributed by atoms with Crippen molar-refractivity contribution in [1.82, 2.24) is 9.97 Å². The van der Waals surface area contributed by atoms with Crippen LogP contribution in [-0.2, 0) is 0 Å². The van der Waals surface area contributed by atoms with Crippen LogP contribution in [-0.4, -0.2) is 22.3 Å². The van der Waals surface area contributed by atoms with Crippen LogP contribution in [0, 0.1) is 0 Å². The fourth-order valence-corrected chi connectivity index (χ4v) is 4.63. The summed E-state index contributed by atoms with van der Waals surface area (Å²) in [5.74, 6) is 1.88. The van der Waals surface area contributed by atoms with Gasteiger partial charge in [-0.25, -0.2) is 9.97 Å². The SMILES string of the molecule is c1ccc(OCCCSc2ncnc3scc(-c4ccccc4)c23)cc1. The van der Waals surface area contributed by atoms with E-state index in [1.807, 2.05) is 36.4 Å². The quantitative estimate of drug-likeness (QED) is 0.227. The zero-order valence-corrected chi connectivity index (χ0v) is 15.8. The standard InChI is InChI=1S/C21H18N2OS2/c1-3-8-16(9-4-1)18-14-26-21-19(18)20(22-15-23-21)25-13-7-12-24-17-10-5-2-6-11-17/h1-6,8-11,14-15H,7,12-13H2. The third kappa shape index (κ3) is 3.89. The molecule has 0 radical (unpaired) electrons. The zero-order valence-electron chi connectivity index (χ0n) is 14.2. The molecule has 0 aliphatic rings. The predicted molar refractivity (Wildman–Crippen MR) is 110 cm³/mol. The molecule has 0 unspecified atom stereocenters. The fraction of sp³-hybridized carbons (Fsp3) is 0.143. The molecule has 130 valence electrons. The number of benzene rings is 2. The number of aromatic nitrogens is 2. The van der Waals surface area contributed by atoms with Gasteiger partial charge in [-0.1, -0.05) is 48.5 Å². The molecule has 0 aliphatic carbocycles. The van der Waals surface area contributed by atoms with E-state index in [4.69, 9.17) is 4.74 Å². The number of thiophene rings is 1. The molecule has 0 bridgehead atoms. The summed E-state index contributed by atoms with van der Waals surface area (Å²) in [6.45, 7) is 0.709. The lowest BCUT2D eigenvalue weighted by molar-refractivity contribution is 0.318. The van der Waals surface area contributed by atoms with Crippen molar-refractivity contribution in [1.29, 1.82) is 0 Å². The highest BCUT2D eigenvalue weighted by Gasteiger charge is 2.13. The van der Waals surface area contributed by atoms with Crippen LogP contribution in [0.2, 0.25) is 0 Å². The molecule has 0 saturated carbocycles. The van der Waals surface area contributed by atoms with E-state index in [-0.39, 0.29) is 0 Å². The predicted octanol–water partition coefficient (Wildman–Crippen LogP) is 5.92. The van der Waals surface area contributed by atoms with Crippen LogP contribution in [0.5, 0.6) is 5.75 Å². The van der Waals surface area contributed by atoms with Gasteiger partial charge in [0.05, 0.1) is 12.0 Å². The number of hydrogen-bond donors (Lipinski definition) is 0. The highest BCUT2D eigenvalue weighted by Crippen LogP contribution is 2.37. The van der Waals surface area contributed by atoms with Crippen molar-refractivity contribution in [3.8, 4) is 16.9 Å². The molecule has 0 N–H and O–H groups in total. The molecule has 5 heteroatoms. The summed E-state index contributed by atoms with van der Waals surface area (Å²) in [5.41, 5.74) is 2.43. The largest absolute Gasteiger partial charge is 0.494 e. The Morgan fingerprint density at radius 1 is 0.923 bits per heavy atom. The molecule has 4 rings (SSSR count). The van der Waals surface area contributed by atoms with Crippen LogP contribution < -0.4 is 4.74 Å². The van der Waals surface area contributed by atoms with Gasteiger partial charge in [-0.3, -0.25) is 0 Å². The number of rotatable bonds is 7. The van der Waals surface area contributed by atoms with Crippen LogP contribution in [0.3, 0.4) is 0 Å². The van der Waals surface area contributed by atoms with Gasteiger partial charge < -0.3 is 4.74 Å². The molecule has 2 aromatic carbocycles. The third-order valence-corrected chi connectivity index (χ3v) is 5.92. The van der Waals surface area contributed by atoms with Crippen molar-refractivity contribution in [2.45, 2.75) is 11.4 Å². The highest BCUT2D eigenvalue weighted by atomic mass is 32.2. The fourth-order valence-electron chi connectivity index (χ4n) is 2.72. The molecule has 2 heterocycles. The van der Waals surface area contributed by atoms with Crippen molar-refractivity contribution >= 4 is 33.3 Å². The summed E-state index contributed by atoms with van der Waals surface area (Å²) in [4.78, 5) is 10.0. The first-order valence-corrected chi connectivity index (χ1v) is 10.4. The second-order valence-corrected chi connectivity index (χ2v) is 7.68. The summed E-state index contributed by atoms with van der Waals surface area (Å²) in [7, 11) is 0. The summed E-state index contributed by atoms with van der Waals surface area (Å²) in [6, 6.07) is 20.4. The molecule has 4 aromatic rings. The molecule has 26 heavy (non-hydrogen) atoms. The maximum absolute atomic E-state index is 5.77. The average molecular weight is 379 g/mol. The van der Waals surface area contributed by atoms with E-state index in [1.54, 1.807) is 29.4 Å². The minimum Gasteiger partial charge on any atom is -0.494 e. The number of nitrogens with zero attached hydrogens (tertiary/aromatic N) is 2. The molecule has 0 saturated heterocycles.